The molecule has 0 aliphatic carbocycles. The second-order valence-corrected chi connectivity index (χ2v) is 13.5. The standard InChI is InChI=1S/C36H40F6N4O5/c1-5-26-18-30(28-14-22(2)6-8-29(28)46(26)33(49)51-21-34(3,4)32(47)48)45(31-9-7-27(19-43-31)44-10-12-50-13-11-44)20-23-15-24(35(37,38)39)17-25(16-23)36(40,41)42/h6-9,14-17,19,26,30H,5,10-13,18,20-21H2,1-4H3,(H,47,48)/t26-,30+/m1/s1. The topological polar surface area (TPSA) is 95.4 Å². The fraction of sp³-hybridized carbons (Fsp3) is 0.472. The molecule has 9 nitrogen and oxygen atoms in total. The third-order valence-corrected chi connectivity index (χ3v) is 9.24. The molecule has 0 unspecified atom stereocenters. The molecule has 3 aromatic rings. The molecule has 2 aromatic carbocycles. The van der Waals surface area contributed by atoms with Crippen LogP contribution in [0.1, 0.15) is 67.5 Å². The number of nitrogens with zero attached hydrogens (tertiary/aromatic N) is 4. The molecule has 0 spiro atoms. The molecule has 0 saturated carbocycles. The third kappa shape index (κ3) is 8.51. The Morgan fingerprint density at radius 3 is 2.18 bits per heavy atom. The number of pyridine rings is 1. The summed E-state index contributed by atoms with van der Waals surface area (Å²) in [6.07, 6.45) is -8.60. The summed E-state index contributed by atoms with van der Waals surface area (Å²) in [6.45, 7) is 8.03. The van der Waals surface area contributed by atoms with Crippen molar-refractivity contribution in [3.8, 4) is 0 Å². The van der Waals surface area contributed by atoms with Gasteiger partial charge in [-0.3, -0.25) is 9.69 Å². The maximum Gasteiger partial charge on any atom is 0.416 e. The summed E-state index contributed by atoms with van der Waals surface area (Å²) < 4.78 is 94.5. The number of rotatable bonds is 9. The van der Waals surface area contributed by atoms with Crippen molar-refractivity contribution in [1.82, 2.24) is 4.98 Å². The van der Waals surface area contributed by atoms with E-state index in [4.69, 9.17) is 9.47 Å². The number of benzene rings is 2. The molecule has 1 aromatic heterocycles. The molecular weight excluding hydrogens is 682 g/mol. The zero-order valence-electron chi connectivity index (χ0n) is 28.6. The van der Waals surface area contributed by atoms with Gasteiger partial charge in [0, 0.05) is 25.7 Å². The van der Waals surface area contributed by atoms with Crippen LogP contribution < -0.4 is 14.7 Å². The van der Waals surface area contributed by atoms with Crippen LogP contribution in [-0.4, -0.2) is 61.1 Å². The number of hydrogen-bond donors (Lipinski definition) is 1. The summed E-state index contributed by atoms with van der Waals surface area (Å²) in [4.78, 5) is 35.2. The minimum absolute atomic E-state index is 0.102. The van der Waals surface area contributed by atoms with Crippen molar-refractivity contribution < 1.29 is 50.5 Å². The molecule has 276 valence electrons. The smallest absolute Gasteiger partial charge is 0.416 e. The molecule has 5 rings (SSSR count). The van der Waals surface area contributed by atoms with Crippen LogP contribution >= 0.6 is 0 Å². The zero-order valence-corrected chi connectivity index (χ0v) is 28.6. The van der Waals surface area contributed by atoms with Gasteiger partial charge in [0.15, 0.2) is 0 Å². The molecule has 1 saturated heterocycles. The lowest BCUT2D eigenvalue weighted by Crippen LogP contribution is -2.48. The van der Waals surface area contributed by atoms with E-state index in [0.29, 0.717) is 49.8 Å². The highest BCUT2D eigenvalue weighted by molar-refractivity contribution is 5.91. The number of carbonyl (C=O) groups is 2. The molecule has 1 amide bonds. The van der Waals surface area contributed by atoms with E-state index in [9.17, 15) is 41.0 Å². The summed E-state index contributed by atoms with van der Waals surface area (Å²) in [5.74, 6) is -0.840. The van der Waals surface area contributed by atoms with Gasteiger partial charge in [0.2, 0.25) is 0 Å². The van der Waals surface area contributed by atoms with Gasteiger partial charge in [-0.1, -0.05) is 24.6 Å². The lowest BCUT2D eigenvalue weighted by molar-refractivity contribution is -0.149. The Kier molecular flexibility index (Phi) is 10.8. The van der Waals surface area contributed by atoms with Crippen molar-refractivity contribution in [2.24, 2.45) is 5.41 Å². The van der Waals surface area contributed by atoms with E-state index in [1.54, 1.807) is 35.4 Å². The van der Waals surface area contributed by atoms with E-state index < -0.39 is 59.6 Å². The molecule has 2 aliphatic heterocycles. The number of carbonyl (C=O) groups excluding carboxylic acids is 1. The largest absolute Gasteiger partial charge is 0.481 e. The van der Waals surface area contributed by atoms with Gasteiger partial charge in [-0.15, -0.1) is 0 Å². The van der Waals surface area contributed by atoms with Gasteiger partial charge < -0.3 is 24.4 Å². The number of aromatic nitrogens is 1. The Labute approximate surface area is 291 Å². The first-order valence-corrected chi connectivity index (χ1v) is 16.5. The van der Waals surface area contributed by atoms with Crippen molar-refractivity contribution >= 4 is 29.3 Å². The average Bonchev–Trinajstić information content (AvgIpc) is 3.08. The number of anilines is 3. The van der Waals surface area contributed by atoms with Crippen LogP contribution in [0.2, 0.25) is 0 Å². The Bertz CT molecular complexity index is 1690. The third-order valence-electron chi connectivity index (χ3n) is 9.24. The number of aliphatic carboxylic acids is 1. The van der Waals surface area contributed by atoms with Gasteiger partial charge in [-0.25, -0.2) is 9.78 Å². The Balaban J connectivity index is 1.61. The van der Waals surface area contributed by atoms with Crippen LogP contribution in [0.15, 0.2) is 54.7 Å². The average molecular weight is 723 g/mol. The molecule has 1 fully saturated rings. The highest BCUT2D eigenvalue weighted by Crippen LogP contribution is 2.45. The van der Waals surface area contributed by atoms with E-state index in [2.05, 4.69) is 9.88 Å². The number of halogens is 6. The highest BCUT2D eigenvalue weighted by atomic mass is 19.4. The Morgan fingerprint density at radius 2 is 1.63 bits per heavy atom. The van der Waals surface area contributed by atoms with Crippen LogP contribution in [-0.2, 0) is 33.2 Å². The lowest BCUT2D eigenvalue weighted by Gasteiger charge is -2.45. The van der Waals surface area contributed by atoms with Crippen LogP contribution in [0.3, 0.4) is 0 Å². The molecule has 2 atom stereocenters. The van der Waals surface area contributed by atoms with E-state index in [-0.39, 0.29) is 24.6 Å². The van der Waals surface area contributed by atoms with Gasteiger partial charge in [-0.05, 0) is 81.1 Å². The summed E-state index contributed by atoms with van der Waals surface area (Å²) >= 11 is 0. The molecule has 1 N–H and O–H groups in total. The van der Waals surface area contributed by atoms with Crippen LogP contribution in [0.4, 0.5) is 48.3 Å². The Hall–Kier alpha value is -4.53. The van der Waals surface area contributed by atoms with E-state index in [1.165, 1.54) is 18.7 Å². The normalized spacial score (nSPS) is 18.3. The van der Waals surface area contributed by atoms with Crippen LogP contribution in [0.5, 0.6) is 0 Å². The molecule has 3 heterocycles. The quantitative estimate of drug-likeness (QED) is 0.221. The lowest BCUT2D eigenvalue weighted by atomic mass is 9.87. The molecule has 51 heavy (non-hydrogen) atoms. The molecule has 2 aliphatic rings. The summed E-state index contributed by atoms with van der Waals surface area (Å²) in [5.41, 5.74) is -1.85. The fourth-order valence-electron chi connectivity index (χ4n) is 6.33. The minimum atomic E-state index is -5.03. The zero-order chi connectivity index (χ0) is 37.3. The number of carboxylic acids is 1. The monoisotopic (exact) mass is 722 g/mol. The summed E-state index contributed by atoms with van der Waals surface area (Å²) in [5, 5.41) is 9.54. The fourth-order valence-corrected chi connectivity index (χ4v) is 6.33. The van der Waals surface area contributed by atoms with Crippen molar-refractivity contribution in [2.45, 2.75) is 71.5 Å². The number of carboxylic acid groups (broad SMARTS) is 1. The van der Waals surface area contributed by atoms with Gasteiger partial charge >= 0.3 is 24.4 Å². The van der Waals surface area contributed by atoms with Gasteiger partial charge in [-0.2, -0.15) is 26.3 Å². The van der Waals surface area contributed by atoms with Crippen molar-refractivity contribution in [3.63, 3.8) is 0 Å². The number of ether oxygens (including phenoxy) is 2. The number of amides is 1. The molecule has 0 bridgehead atoms. The predicted octanol–water partition coefficient (Wildman–Crippen LogP) is 8.25. The molecule has 0 radical (unpaired) electrons. The van der Waals surface area contributed by atoms with Gasteiger partial charge in [0.05, 0.1) is 53.4 Å². The van der Waals surface area contributed by atoms with Crippen LogP contribution in [0.25, 0.3) is 0 Å². The van der Waals surface area contributed by atoms with Crippen molar-refractivity contribution in [2.75, 3.05) is 47.6 Å². The summed E-state index contributed by atoms with van der Waals surface area (Å²) in [7, 11) is 0. The predicted molar refractivity (Wildman–Crippen MR) is 178 cm³/mol. The maximum absolute atomic E-state index is 13.9. The molecule has 15 heteroatoms. The first-order chi connectivity index (χ1) is 23.9. The Morgan fingerprint density at radius 1 is 0.980 bits per heavy atom. The minimum Gasteiger partial charge on any atom is -0.481 e. The van der Waals surface area contributed by atoms with Gasteiger partial charge in [0.25, 0.3) is 0 Å². The second-order valence-electron chi connectivity index (χ2n) is 13.5. The maximum atomic E-state index is 13.9. The first-order valence-electron chi connectivity index (χ1n) is 16.5. The molecular formula is C36H40F6N4O5. The van der Waals surface area contributed by atoms with Crippen molar-refractivity contribution in [1.29, 1.82) is 0 Å². The number of aryl methyl sites for hydroxylation is 1. The van der Waals surface area contributed by atoms with Gasteiger partial charge in [0.1, 0.15) is 12.4 Å². The van der Waals surface area contributed by atoms with Crippen LogP contribution in [0, 0.1) is 12.3 Å². The van der Waals surface area contributed by atoms with E-state index in [1.807, 2.05) is 19.9 Å². The number of morpholine rings is 1. The van der Waals surface area contributed by atoms with E-state index in [0.717, 1.165) is 23.4 Å². The number of fused-ring (bicyclic) bond motifs is 1. The summed E-state index contributed by atoms with van der Waals surface area (Å²) in [6, 6.07) is 9.14. The first kappa shape index (κ1) is 37.7. The van der Waals surface area contributed by atoms with E-state index >= 15 is 0 Å². The number of hydrogen-bond acceptors (Lipinski definition) is 7. The SMILES string of the molecule is CC[C@@H]1C[C@H](N(Cc2cc(C(F)(F)F)cc(C(F)(F)F)c2)c2ccc(N3CCOCC3)cn2)c2cc(C)ccc2N1C(=O)OCC(C)(C)C(=O)O. The number of alkyl halides is 6. The highest BCUT2D eigenvalue weighted by Gasteiger charge is 2.41. The second kappa shape index (κ2) is 14.6. The van der Waals surface area contributed by atoms with Crippen molar-refractivity contribution in [3.05, 3.63) is 82.5 Å².